The number of carbonyl (C=O) groups is 1. The number of piperidine rings is 1. The smallest absolute Gasteiger partial charge is 0.267 e. The van der Waals surface area contributed by atoms with Crippen LogP contribution in [-0.4, -0.2) is 46.6 Å². The summed E-state index contributed by atoms with van der Waals surface area (Å²) in [6.07, 6.45) is 1.66. The fraction of sp³-hybridized carbons (Fsp3) is 0.500. The Labute approximate surface area is 156 Å². The van der Waals surface area contributed by atoms with E-state index in [2.05, 4.69) is 32.6 Å². The van der Waals surface area contributed by atoms with Crippen LogP contribution in [0.1, 0.15) is 40.3 Å². The van der Waals surface area contributed by atoms with Gasteiger partial charge in [-0.05, 0) is 42.1 Å². The van der Waals surface area contributed by atoms with E-state index in [0.717, 1.165) is 30.8 Å². The Morgan fingerprint density at radius 2 is 2.31 bits per heavy atom. The first-order valence-electron chi connectivity index (χ1n) is 8.96. The number of rotatable bonds is 4. The lowest BCUT2D eigenvalue weighted by atomic mass is 9.85. The van der Waals surface area contributed by atoms with Crippen molar-refractivity contribution in [1.82, 2.24) is 25.3 Å². The second-order valence-electron chi connectivity index (χ2n) is 6.76. The number of nitrogens with zero attached hydrogens (tertiary/aromatic N) is 3. The first-order valence-corrected chi connectivity index (χ1v) is 9.74. The number of benzene rings is 1. The quantitative estimate of drug-likeness (QED) is 0.851. The third kappa shape index (κ3) is 3.08. The van der Waals surface area contributed by atoms with E-state index >= 15 is 0 Å². The first kappa shape index (κ1) is 17.4. The van der Waals surface area contributed by atoms with Crippen molar-refractivity contribution in [2.24, 2.45) is 5.92 Å². The first-order chi connectivity index (χ1) is 12.7. The minimum absolute atomic E-state index is 0.0617. The number of fused-ring (bicyclic) bond motifs is 1. The zero-order valence-electron chi connectivity index (χ0n) is 14.9. The summed E-state index contributed by atoms with van der Waals surface area (Å²) in [6.45, 7) is 3.47. The molecule has 26 heavy (non-hydrogen) atoms. The fourth-order valence-corrected chi connectivity index (χ4v) is 4.62. The van der Waals surface area contributed by atoms with E-state index in [4.69, 9.17) is 4.74 Å². The molecule has 1 amide bonds. The van der Waals surface area contributed by atoms with Crippen molar-refractivity contribution < 1.29 is 9.53 Å². The number of ether oxygens (including phenoxy) is 1. The maximum absolute atomic E-state index is 13.0. The van der Waals surface area contributed by atoms with Gasteiger partial charge in [0.25, 0.3) is 5.91 Å². The highest BCUT2D eigenvalue weighted by molar-refractivity contribution is 7.08. The lowest BCUT2D eigenvalue weighted by Crippen LogP contribution is -2.47. The van der Waals surface area contributed by atoms with E-state index in [1.807, 2.05) is 24.0 Å². The molecule has 1 aromatic carbocycles. The molecule has 2 fully saturated rings. The van der Waals surface area contributed by atoms with Gasteiger partial charge in [0, 0.05) is 25.0 Å². The molecule has 2 aromatic rings. The predicted octanol–water partition coefficient (Wildman–Crippen LogP) is 1.79. The van der Waals surface area contributed by atoms with Gasteiger partial charge in [0.05, 0.1) is 18.8 Å². The van der Waals surface area contributed by atoms with Crippen LogP contribution in [0.25, 0.3) is 0 Å². The second-order valence-corrected chi connectivity index (χ2v) is 7.51. The van der Waals surface area contributed by atoms with Gasteiger partial charge in [-0.25, -0.2) is 5.43 Å². The van der Waals surface area contributed by atoms with Gasteiger partial charge in [-0.2, -0.15) is 0 Å². The van der Waals surface area contributed by atoms with E-state index in [9.17, 15) is 4.79 Å². The minimum Gasteiger partial charge on any atom is -0.497 e. The summed E-state index contributed by atoms with van der Waals surface area (Å²) in [7, 11) is 1.68. The van der Waals surface area contributed by atoms with Crippen LogP contribution in [-0.2, 0) is 6.42 Å². The second kappa shape index (κ2) is 7.30. The maximum atomic E-state index is 13.0. The van der Waals surface area contributed by atoms with Crippen molar-refractivity contribution >= 4 is 17.4 Å². The van der Waals surface area contributed by atoms with Crippen molar-refractivity contribution in [3.05, 3.63) is 40.4 Å². The van der Waals surface area contributed by atoms with Crippen molar-refractivity contribution in [1.29, 1.82) is 0 Å². The average Bonchev–Trinajstić information content (AvgIpc) is 3.33. The average molecular weight is 373 g/mol. The van der Waals surface area contributed by atoms with E-state index < -0.39 is 0 Å². The Hall–Kier alpha value is -2.03. The van der Waals surface area contributed by atoms with Gasteiger partial charge in [-0.15, -0.1) is 5.10 Å². The van der Waals surface area contributed by atoms with Gasteiger partial charge in [0.1, 0.15) is 10.6 Å². The lowest BCUT2D eigenvalue weighted by Gasteiger charge is -2.36. The molecular formula is C18H23N5O2S. The molecule has 8 heteroatoms. The molecule has 1 aromatic heterocycles. The molecule has 3 heterocycles. The number of hydrogen-bond acceptors (Lipinski definition) is 7. The number of nitrogens with one attached hydrogen (secondary N) is 2. The SMILES string of the molecule is CCc1nnsc1C(=O)N1CCC2NNC(c3cccc(OC)c3)C2C1. The normalized spacial score (nSPS) is 25.2. The van der Waals surface area contributed by atoms with Gasteiger partial charge < -0.3 is 9.64 Å². The molecule has 3 unspecified atom stereocenters. The summed E-state index contributed by atoms with van der Waals surface area (Å²) in [4.78, 5) is 15.6. The van der Waals surface area contributed by atoms with Gasteiger partial charge in [0.2, 0.25) is 0 Å². The Bertz CT molecular complexity index is 795. The summed E-state index contributed by atoms with van der Waals surface area (Å²) >= 11 is 1.20. The van der Waals surface area contributed by atoms with Crippen molar-refractivity contribution in [3.63, 3.8) is 0 Å². The molecule has 7 nitrogen and oxygen atoms in total. The molecule has 2 aliphatic heterocycles. The van der Waals surface area contributed by atoms with E-state index in [1.54, 1.807) is 7.11 Å². The van der Waals surface area contributed by atoms with Crippen LogP contribution in [0.3, 0.4) is 0 Å². The molecule has 2 aliphatic rings. The van der Waals surface area contributed by atoms with Crippen LogP contribution in [0.5, 0.6) is 5.75 Å². The molecule has 2 N–H and O–H groups in total. The highest BCUT2D eigenvalue weighted by Crippen LogP contribution is 2.35. The van der Waals surface area contributed by atoms with Crippen LogP contribution in [0.4, 0.5) is 0 Å². The Morgan fingerprint density at radius 3 is 3.12 bits per heavy atom. The molecule has 4 rings (SSSR count). The van der Waals surface area contributed by atoms with Crippen LogP contribution in [0.2, 0.25) is 0 Å². The number of amides is 1. The highest BCUT2D eigenvalue weighted by atomic mass is 32.1. The number of hydrazine groups is 1. The zero-order valence-corrected chi connectivity index (χ0v) is 15.8. The number of aromatic nitrogens is 2. The maximum Gasteiger partial charge on any atom is 0.267 e. The van der Waals surface area contributed by atoms with E-state index in [-0.39, 0.29) is 11.9 Å². The Balaban J connectivity index is 1.54. The van der Waals surface area contributed by atoms with Gasteiger partial charge in [-0.1, -0.05) is 23.5 Å². The molecular weight excluding hydrogens is 350 g/mol. The number of hydrogen-bond donors (Lipinski definition) is 2. The zero-order chi connectivity index (χ0) is 18.1. The van der Waals surface area contributed by atoms with Crippen LogP contribution in [0, 0.1) is 5.92 Å². The standard InChI is InChI=1S/C18H23N5O2S/c1-3-14-17(26-22-20-14)18(24)23-8-7-15-13(10-23)16(21-19-15)11-5-4-6-12(9-11)25-2/h4-6,9,13,15-16,19,21H,3,7-8,10H2,1-2H3. The summed E-state index contributed by atoms with van der Waals surface area (Å²) in [5.41, 5.74) is 8.80. The molecule has 0 bridgehead atoms. The predicted molar refractivity (Wildman–Crippen MR) is 99.1 cm³/mol. The van der Waals surface area contributed by atoms with Crippen molar-refractivity contribution in [2.75, 3.05) is 20.2 Å². The molecule has 2 saturated heterocycles. The summed E-state index contributed by atoms with van der Waals surface area (Å²) in [6, 6.07) is 8.63. The third-order valence-corrected chi connectivity index (χ3v) is 6.09. The van der Waals surface area contributed by atoms with Crippen LogP contribution < -0.4 is 15.6 Å². The third-order valence-electron chi connectivity index (χ3n) is 5.34. The molecule has 138 valence electrons. The van der Waals surface area contributed by atoms with Gasteiger partial charge >= 0.3 is 0 Å². The summed E-state index contributed by atoms with van der Waals surface area (Å²) < 4.78 is 9.32. The van der Waals surface area contributed by atoms with Gasteiger partial charge in [0.15, 0.2) is 0 Å². The molecule has 0 spiro atoms. The number of aryl methyl sites for hydroxylation is 1. The van der Waals surface area contributed by atoms with Crippen molar-refractivity contribution in [3.8, 4) is 5.75 Å². The van der Waals surface area contributed by atoms with Crippen LogP contribution >= 0.6 is 11.5 Å². The lowest BCUT2D eigenvalue weighted by molar-refractivity contribution is 0.0656. The van der Waals surface area contributed by atoms with Crippen LogP contribution in [0.15, 0.2) is 24.3 Å². The number of methoxy groups -OCH3 is 1. The highest BCUT2D eigenvalue weighted by Gasteiger charge is 2.42. The molecule has 0 aliphatic carbocycles. The fourth-order valence-electron chi connectivity index (χ4n) is 3.90. The molecule has 3 atom stereocenters. The van der Waals surface area contributed by atoms with Gasteiger partial charge in [-0.3, -0.25) is 10.2 Å². The monoisotopic (exact) mass is 373 g/mol. The number of carbonyl (C=O) groups excluding carboxylic acids is 1. The number of likely N-dealkylation sites (tertiary alicyclic amines) is 1. The summed E-state index contributed by atoms with van der Waals surface area (Å²) in [5.74, 6) is 1.22. The molecule has 0 radical (unpaired) electrons. The van der Waals surface area contributed by atoms with E-state index in [0.29, 0.717) is 23.4 Å². The largest absolute Gasteiger partial charge is 0.497 e. The van der Waals surface area contributed by atoms with Crippen molar-refractivity contribution in [2.45, 2.75) is 31.8 Å². The molecule has 0 saturated carbocycles. The Kier molecular flexibility index (Phi) is 4.88. The minimum atomic E-state index is 0.0617. The topological polar surface area (TPSA) is 79.4 Å². The Morgan fingerprint density at radius 1 is 1.42 bits per heavy atom. The summed E-state index contributed by atoms with van der Waals surface area (Å²) in [5, 5.41) is 4.08. The van der Waals surface area contributed by atoms with E-state index in [1.165, 1.54) is 17.1 Å².